The first kappa shape index (κ1) is 9.27. The molecule has 0 atom stereocenters. The van der Waals surface area contributed by atoms with Crippen LogP contribution in [0, 0.1) is 0 Å². The Morgan fingerprint density at radius 3 is 2.43 bits per heavy atom. The van der Waals surface area contributed by atoms with E-state index >= 15 is 0 Å². The van der Waals surface area contributed by atoms with Crippen molar-refractivity contribution < 1.29 is 4.79 Å². The number of hydrogen-bond acceptors (Lipinski definition) is 3. The van der Waals surface area contributed by atoms with Gasteiger partial charge in [-0.2, -0.15) is 0 Å². The number of hydrogen-bond donors (Lipinski definition) is 0. The van der Waals surface area contributed by atoms with Crippen LogP contribution in [0.25, 0.3) is 0 Å². The van der Waals surface area contributed by atoms with Gasteiger partial charge in [0.25, 0.3) is 0 Å². The second-order valence-electron chi connectivity index (χ2n) is 3.02. The summed E-state index contributed by atoms with van der Waals surface area (Å²) < 4.78 is 1.90. The largest absolute Gasteiger partial charge is 0.328 e. The molecule has 1 aromatic carbocycles. The molecular weight excluding hydrogens is 244 g/mol. The molecule has 1 aliphatic rings. The molecule has 0 amide bonds. The lowest BCUT2D eigenvalue weighted by Gasteiger charge is -2.16. The highest BCUT2D eigenvalue weighted by atomic mass is 79.9. The predicted octanol–water partition coefficient (Wildman–Crippen LogP) is 2.36. The van der Waals surface area contributed by atoms with Gasteiger partial charge in [0.2, 0.25) is 0 Å². The molecule has 0 aromatic heterocycles. The Morgan fingerprint density at radius 2 is 1.93 bits per heavy atom. The number of rotatable bonds is 2. The fourth-order valence-corrected chi connectivity index (χ4v) is 1.65. The predicted molar refractivity (Wildman–Crippen MR) is 59.1 cm³/mol. The van der Waals surface area contributed by atoms with Crippen molar-refractivity contribution in [2.24, 2.45) is 0 Å². The van der Waals surface area contributed by atoms with Crippen molar-refractivity contribution in [3.05, 3.63) is 42.2 Å². The molecule has 0 fully saturated rings. The molecule has 0 spiro atoms. The fraction of sp³-hybridized carbons (Fsp3) is 0.100. The first-order chi connectivity index (χ1) is 6.79. The standard InChI is InChI=1S/C10H9BrN2O/c11-13-6-5-12(8-13)10-3-1-9(7-14)2-4-10/h1-7H,8H2. The number of anilines is 1. The van der Waals surface area contributed by atoms with Gasteiger partial charge in [-0.3, -0.25) is 8.72 Å². The maximum Gasteiger partial charge on any atom is 0.150 e. The molecule has 0 saturated carbocycles. The van der Waals surface area contributed by atoms with Gasteiger partial charge in [-0.05, 0) is 24.3 Å². The molecule has 0 bridgehead atoms. The number of carbonyl (C=O) groups is 1. The van der Waals surface area contributed by atoms with Gasteiger partial charge in [0.15, 0.2) is 0 Å². The highest BCUT2D eigenvalue weighted by Gasteiger charge is 2.10. The third kappa shape index (κ3) is 1.80. The van der Waals surface area contributed by atoms with Crippen LogP contribution in [-0.4, -0.2) is 16.9 Å². The van der Waals surface area contributed by atoms with Gasteiger partial charge in [0.05, 0.1) is 16.1 Å². The third-order valence-corrected chi connectivity index (χ3v) is 2.52. The van der Waals surface area contributed by atoms with Crippen molar-refractivity contribution in [1.82, 2.24) is 3.93 Å². The monoisotopic (exact) mass is 252 g/mol. The molecule has 0 radical (unpaired) electrons. The normalized spacial score (nSPS) is 14.9. The lowest BCUT2D eigenvalue weighted by atomic mass is 10.2. The summed E-state index contributed by atoms with van der Waals surface area (Å²) in [4.78, 5) is 12.5. The van der Waals surface area contributed by atoms with E-state index in [0.29, 0.717) is 5.56 Å². The van der Waals surface area contributed by atoms with Crippen LogP contribution in [0.5, 0.6) is 0 Å². The minimum Gasteiger partial charge on any atom is -0.328 e. The molecule has 0 saturated heterocycles. The topological polar surface area (TPSA) is 23.6 Å². The molecule has 1 heterocycles. The van der Waals surface area contributed by atoms with Crippen molar-refractivity contribution >= 4 is 28.1 Å². The van der Waals surface area contributed by atoms with Crippen molar-refractivity contribution in [1.29, 1.82) is 0 Å². The Hall–Kier alpha value is -1.29. The minimum atomic E-state index is 0.702. The number of carbonyl (C=O) groups excluding carboxylic acids is 1. The Labute approximate surface area is 91.0 Å². The fourth-order valence-electron chi connectivity index (χ4n) is 1.30. The first-order valence-corrected chi connectivity index (χ1v) is 4.93. The van der Waals surface area contributed by atoms with E-state index in [0.717, 1.165) is 18.6 Å². The molecular formula is C10H9BrN2O. The average molecular weight is 253 g/mol. The Kier molecular flexibility index (Phi) is 2.54. The number of halogens is 1. The van der Waals surface area contributed by atoms with E-state index in [1.807, 2.05) is 40.6 Å². The Bertz CT molecular complexity index is 361. The van der Waals surface area contributed by atoms with Gasteiger partial charge in [-0.15, -0.1) is 0 Å². The van der Waals surface area contributed by atoms with Gasteiger partial charge in [0.1, 0.15) is 13.0 Å². The van der Waals surface area contributed by atoms with Crippen molar-refractivity contribution in [2.75, 3.05) is 11.6 Å². The lowest BCUT2D eigenvalue weighted by molar-refractivity contribution is 0.112. The van der Waals surface area contributed by atoms with Gasteiger partial charge in [0, 0.05) is 23.7 Å². The van der Waals surface area contributed by atoms with Crippen LogP contribution in [0.1, 0.15) is 10.4 Å². The van der Waals surface area contributed by atoms with Crippen molar-refractivity contribution in [2.45, 2.75) is 0 Å². The molecule has 14 heavy (non-hydrogen) atoms. The quantitative estimate of drug-likeness (QED) is 0.597. The van der Waals surface area contributed by atoms with Gasteiger partial charge < -0.3 is 4.90 Å². The van der Waals surface area contributed by atoms with Crippen LogP contribution < -0.4 is 4.90 Å². The van der Waals surface area contributed by atoms with E-state index < -0.39 is 0 Å². The molecule has 0 unspecified atom stereocenters. The van der Waals surface area contributed by atoms with Crippen molar-refractivity contribution in [3.63, 3.8) is 0 Å². The van der Waals surface area contributed by atoms with Crippen LogP contribution >= 0.6 is 16.1 Å². The van der Waals surface area contributed by atoms with E-state index in [4.69, 9.17) is 0 Å². The molecule has 0 aliphatic carbocycles. The molecule has 3 nitrogen and oxygen atoms in total. The summed E-state index contributed by atoms with van der Waals surface area (Å²) in [6, 6.07) is 7.49. The smallest absolute Gasteiger partial charge is 0.150 e. The molecule has 0 N–H and O–H groups in total. The first-order valence-electron chi connectivity index (χ1n) is 4.22. The van der Waals surface area contributed by atoms with Gasteiger partial charge >= 0.3 is 0 Å². The number of aldehydes is 1. The highest BCUT2D eigenvalue weighted by Crippen LogP contribution is 2.20. The van der Waals surface area contributed by atoms with Crippen LogP contribution in [0.4, 0.5) is 5.69 Å². The lowest BCUT2D eigenvalue weighted by Crippen LogP contribution is -2.18. The van der Waals surface area contributed by atoms with Gasteiger partial charge in [-0.25, -0.2) is 0 Å². The summed E-state index contributed by atoms with van der Waals surface area (Å²) in [7, 11) is 0. The van der Waals surface area contributed by atoms with E-state index in [-0.39, 0.29) is 0 Å². The minimum absolute atomic E-state index is 0.702. The van der Waals surface area contributed by atoms with Gasteiger partial charge in [-0.1, -0.05) is 0 Å². The Balaban J connectivity index is 2.17. The molecule has 2 rings (SSSR count). The van der Waals surface area contributed by atoms with E-state index in [1.54, 1.807) is 0 Å². The van der Waals surface area contributed by atoms with E-state index in [1.165, 1.54) is 0 Å². The summed E-state index contributed by atoms with van der Waals surface area (Å²) in [5, 5.41) is 0. The number of nitrogens with zero attached hydrogens (tertiary/aromatic N) is 2. The maximum absolute atomic E-state index is 10.4. The molecule has 1 aliphatic heterocycles. The SMILES string of the molecule is O=Cc1ccc(N2C=CN(Br)C2)cc1. The summed E-state index contributed by atoms with van der Waals surface area (Å²) in [5.41, 5.74) is 1.78. The molecule has 72 valence electrons. The zero-order chi connectivity index (χ0) is 9.97. The van der Waals surface area contributed by atoms with Crippen LogP contribution in [0.15, 0.2) is 36.7 Å². The summed E-state index contributed by atoms with van der Waals surface area (Å²) in [5.74, 6) is 0. The molecule has 4 heteroatoms. The zero-order valence-electron chi connectivity index (χ0n) is 7.43. The summed E-state index contributed by atoms with van der Waals surface area (Å²) in [6.07, 6.45) is 4.76. The van der Waals surface area contributed by atoms with Crippen LogP contribution in [0.3, 0.4) is 0 Å². The van der Waals surface area contributed by atoms with E-state index in [2.05, 4.69) is 21.0 Å². The van der Waals surface area contributed by atoms with Crippen LogP contribution in [-0.2, 0) is 0 Å². The van der Waals surface area contributed by atoms with Crippen molar-refractivity contribution in [3.8, 4) is 0 Å². The third-order valence-electron chi connectivity index (χ3n) is 2.06. The second kappa shape index (κ2) is 3.84. The second-order valence-corrected chi connectivity index (χ2v) is 3.93. The highest BCUT2D eigenvalue weighted by molar-refractivity contribution is 9.07. The number of benzene rings is 1. The summed E-state index contributed by atoms with van der Waals surface area (Å²) >= 11 is 3.35. The molecule has 1 aromatic rings. The van der Waals surface area contributed by atoms with Crippen LogP contribution in [0.2, 0.25) is 0 Å². The zero-order valence-corrected chi connectivity index (χ0v) is 9.02. The average Bonchev–Trinajstić information content (AvgIpc) is 2.65. The summed E-state index contributed by atoms with van der Waals surface area (Å²) in [6.45, 7) is 0.778. The maximum atomic E-state index is 10.4. The Morgan fingerprint density at radius 1 is 1.21 bits per heavy atom. The van der Waals surface area contributed by atoms with E-state index in [9.17, 15) is 4.79 Å².